The Hall–Kier alpha value is -2.18. The van der Waals surface area contributed by atoms with E-state index >= 15 is 0 Å². The molecule has 2 N–H and O–H groups in total. The summed E-state index contributed by atoms with van der Waals surface area (Å²) in [5.41, 5.74) is 2.29. The van der Waals surface area contributed by atoms with E-state index in [1.54, 1.807) is 30.3 Å². The third-order valence-electron chi connectivity index (χ3n) is 3.36. The largest absolute Gasteiger partial charge is 0.493 e. The molecule has 1 heterocycles. The van der Waals surface area contributed by atoms with Gasteiger partial charge >= 0.3 is 0 Å². The van der Waals surface area contributed by atoms with Gasteiger partial charge in [-0.15, -0.1) is 10.2 Å². The lowest BCUT2D eigenvalue weighted by atomic mass is 10.1. The Labute approximate surface area is 145 Å². The lowest BCUT2D eigenvalue weighted by Gasteiger charge is -1.98. The number of rotatable bonds is 2. The fraction of sp³-hybridized carbons (Fsp3) is 0.0625. The number of carbonyl (C=O) groups excluding carboxylic acids is 1. The standard InChI is InChI=1S/C16H11BrClN3O2/c1-8-6-10(17)7-12-13(8)19-16(23)14(12)20-21-15(22)9-2-4-11(18)5-3-9/h2-7,19,23H,1H3. The molecule has 0 aliphatic heterocycles. The first-order valence-corrected chi connectivity index (χ1v) is 7.85. The van der Waals surface area contributed by atoms with Crippen LogP contribution in [-0.2, 0) is 0 Å². The van der Waals surface area contributed by atoms with E-state index < -0.39 is 5.91 Å². The zero-order valence-corrected chi connectivity index (χ0v) is 14.3. The van der Waals surface area contributed by atoms with Gasteiger partial charge in [-0.1, -0.05) is 27.5 Å². The zero-order valence-electron chi connectivity index (χ0n) is 12.0. The first-order chi connectivity index (χ1) is 11.0. The summed E-state index contributed by atoms with van der Waals surface area (Å²) in [6, 6.07) is 10.1. The Morgan fingerprint density at radius 1 is 1.26 bits per heavy atom. The Kier molecular flexibility index (Phi) is 4.19. The van der Waals surface area contributed by atoms with E-state index in [1.165, 1.54) is 0 Å². The Bertz CT molecular complexity index is 933. The van der Waals surface area contributed by atoms with Crippen LogP contribution in [0.4, 0.5) is 5.69 Å². The lowest BCUT2D eigenvalue weighted by Crippen LogP contribution is -1.92. The molecule has 23 heavy (non-hydrogen) atoms. The van der Waals surface area contributed by atoms with Gasteiger partial charge in [0.2, 0.25) is 5.88 Å². The van der Waals surface area contributed by atoms with Gasteiger partial charge in [0.25, 0.3) is 5.91 Å². The molecule has 0 atom stereocenters. The molecule has 116 valence electrons. The molecule has 3 rings (SSSR count). The van der Waals surface area contributed by atoms with E-state index in [-0.39, 0.29) is 11.6 Å². The zero-order chi connectivity index (χ0) is 16.6. The number of amides is 1. The van der Waals surface area contributed by atoms with Crippen LogP contribution in [-0.4, -0.2) is 16.0 Å². The number of aromatic amines is 1. The van der Waals surface area contributed by atoms with Crippen molar-refractivity contribution < 1.29 is 9.90 Å². The fourth-order valence-electron chi connectivity index (χ4n) is 2.25. The predicted molar refractivity (Wildman–Crippen MR) is 92.7 cm³/mol. The molecule has 0 fully saturated rings. The number of carbonyl (C=O) groups is 1. The van der Waals surface area contributed by atoms with Gasteiger partial charge < -0.3 is 10.1 Å². The molecule has 0 aliphatic carbocycles. The molecule has 0 bridgehead atoms. The van der Waals surface area contributed by atoms with Gasteiger partial charge in [-0.2, -0.15) is 0 Å². The highest BCUT2D eigenvalue weighted by atomic mass is 79.9. The summed E-state index contributed by atoms with van der Waals surface area (Å²) < 4.78 is 0.849. The van der Waals surface area contributed by atoms with Gasteiger partial charge in [-0.05, 0) is 48.9 Å². The molecule has 0 saturated heterocycles. The second-order valence-corrected chi connectivity index (χ2v) is 6.33. The number of nitrogens with zero attached hydrogens (tertiary/aromatic N) is 2. The summed E-state index contributed by atoms with van der Waals surface area (Å²) in [7, 11) is 0. The SMILES string of the molecule is Cc1cc(Br)cc2c(N=NC(=O)c3ccc(Cl)cc3)c(O)[nH]c12. The maximum atomic E-state index is 12.0. The van der Waals surface area contributed by atoms with Crippen LogP contribution < -0.4 is 0 Å². The third-order valence-corrected chi connectivity index (χ3v) is 4.06. The molecule has 0 saturated carbocycles. The van der Waals surface area contributed by atoms with Gasteiger partial charge in [0.15, 0.2) is 5.69 Å². The maximum absolute atomic E-state index is 12.0. The van der Waals surface area contributed by atoms with E-state index in [4.69, 9.17) is 11.6 Å². The van der Waals surface area contributed by atoms with Crippen LogP contribution >= 0.6 is 27.5 Å². The highest BCUT2D eigenvalue weighted by molar-refractivity contribution is 9.10. The summed E-state index contributed by atoms with van der Waals surface area (Å²) in [5, 5.41) is 18.8. The van der Waals surface area contributed by atoms with Crippen LogP contribution in [0.1, 0.15) is 15.9 Å². The van der Waals surface area contributed by atoms with Crippen molar-refractivity contribution >= 4 is 50.0 Å². The highest BCUT2D eigenvalue weighted by Crippen LogP contribution is 2.38. The molecule has 0 unspecified atom stereocenters. The minimum Gasteiger partial charge on any atom is -0.493 e. The van der Waals surface area contributed by atoms with Crippen molar-refractivity contribution in [2.75, 3.05) is 0 Å². The highest BCUT2D eigenvalue weighted by Gasteiger charge is 2.14. The third kappa shape index (κ3) is 3.13. The molecule has 7 heteroatoms. The van der Waals surface area contributed by atoms with Crippen molar-refractivity contribution in [2.24, 2.45) is 10.2 Å². The number of nitrogens with one attached hydrogen (secondary N) is 1. The van der Waals surface area contributed by atoms with Crippen molar-refractivity contribution in [3.63, 3.8) is 0 Å². The second-order valence-electron chi connectivity index (χ2n) is 4.98. The summed E-state index contributed by atoms with van der Waals surface area (Å²) in [4.78, 5) is 14.9. The number of azo groups is 1. The number of aryl methyl sites for hydroxylation is 1. The number of halogens is 2. The lowest BCUT2D eigenvalue weighted by molar-refractivity contribution is 0.0995. The van der Waals surface area contributed by atoms with Crippen molar-refractivity contribution in [3.05, 3.63) is 57.0 Å². The van der Waals surface area contributed by atoms with E-state index in [0.29, 0.717) is 16.0 Å². The molecular weight excluding hydrogens is 382 g/mol. The van der Waals surface area contributed by atoms with Crippen LogP contribution in [0.2, 0.25) is 5.02 Å². The monoisotopic (exact) mass is 391 g/mol. The van der Waals surface area contributed by atoms with Crippen molar-refractivity contribution in [3.8, 4) is 5.88 Å². The van der Waals surface area contributed by atoms with Crippen molar-refractivity contribution in [1.29, 1.82) is 0 Å². The first kappa shape index (κ1) is 15.7. The number of fused-ring (bicyclic) bond motifs is 1. The van der Waals surface area contributed by atoms with Gasteiger partial charge in [-0.25, -0.2) is 0 Å². The molecule has 0 spiro atoms. The topological polar surface area (TPSA) is 77.8 Å². The summed E-state index contributed by atoms with van der Waals surface area (Å²) in [6.07, 6.45) is 0. The van der Waals surface area contributed by atoms with Crippen LogP contribution in [0.3, 0.4) is 0 Å². The van der Waals surface area contributed by atoms with Crippen LogP contribution in [0.25, 0.3) is 10.9 Å². The maximum Gasteiger partial charge on any atom is 0.295 e. The number of hydrogen-bond acceptors (Lipinski definition) is 3. The average Bonchev–Trinajstić information content (AvgIpc) is 2.82. The Morgan fingerprint density at radius 2 is 1.96 bits per heavy atom. The Balaban J connectivity index is 1.99. The number of H-pyrrole nitrogens is 1. The Morgan fingerprint density at radius 3 is 2.65 bits per heavy atom. The van der Waals surface area contributed by atoms with E-state index in [2.05, 4.69) is 31.1 Å². The van der Waals surface area contributed by atoms with Gasteiger partial charge in [0.05, 0.1) is 5.52 Å². The minimum absolute atomic E-state index is 0.131. The molecule has 1 amide bonds. The van der Waals surface area contributed by atoms with Gasteiger partial charge in [0, 0.05) is 20.4 Å². The normalized spacial score (nSPS) is 11.4. The van der Waals surface area contributed by atoms with E-state index in [1.807, 2.05) is 13.0 Å². The predicted octanol–water partition coefficient (Wildman–Crippen LogP) is 5.52. The summed E-state index contributed by atoms with van der Waals surface area (Å²) in [5.74, 6) is -0.643. The van der Waals surface area contributed by atoms with Crippen LogP contribution in [0.15, 0.2) is 51.1 Å². The van der Waals surface area contributed by atoms with Crippen LogP contribution in [0, 0.1) is 6.92 Å². The number of hydrogen-bond donors (Lipinski definition) is 2. The minimum atomic E-state index is -0.512. The van der Waals surface area contributed by atoms with Crippen molar-refractivity contribution in [2.45, 2.75) is 6.92 Å². The quantitative estimate of drug-likeness (QED) is 0.563. The summed E-state index contributed by atoms with van der Waals surface area (Å²) >= 11 is 9.19. The molecular formula is C16H11BrClN3O2. The van der Waals surface area contributed by atoms with E-state index in [0.717, 1.165) is 15.6 Å². The molecule has 1 aromatic heterocycles. The van der Waals surface area contributed by atoms with Gasteiger partial charge in [-0.3, -0.25) is 4.79 Å². The first-order valence-electron chi connectivity index (χ1n) is 6.68. The number of benzene rings is 2. The second kappa shape index (κ2) is 6.14. The van der Waals surface area contributed by atoms with E-state index in [9.17, 15) is 9.90 Å². The van der Waals surface area contributed by atoms with Crippen molar-refractivity contribution in [1.82, 2.24) is 4.98 Å². The average molecular weight is 393 g/mol. The number of aromatic nitrogens is 1. The molecule has 5 nitrogen and oxygen atoms in total. The summed E-state index contributed by atoms with van der Waals surface area (Å²) in [6.45, 7) is 1.91. The molecule has 0 radical (unpaired) electrons. The van der Waals surface area contributed by atoms with Crippen LogP contribution in [0.5, 0.6) is 5.88 Å². The number of aromatic hydroxyl groups is 1. The molecule has 2 aromatic carbocycles. The van der Waals surface area contributed by atoms with Gasteiger partial charge in [0.1, 0.15) is 0 Å². The fourth-order valence-corrected chi connectivity index (χ4v) is 2.95. The molecule has 0 aliphatic rings. The molecule has 3 aromatic rings. The smallest absolute Gasteiger partial charge is 0.295 e.